The maximum atomic E-state index is 12.8. The number of rotatable bonds is 3. The summed E-state index contributed by atoms with van der Waals surface area (Å²) >= 11 is 0. The molecular formula is C16H12FN5O. The Bertz CT molecular complexity index is 851. The lowest BCUT2D eigenvalue weighted by atomic mass is 10.1. The molecule has 0 aliphatic rings. The first-order valence-electron chi connectivity index (χ1n) is 6.79. The Hall–Kier alpha value is -3.22. The van der Waals surface area contributed by atoms with Crippen LogP contribution in [0.25, 0.3) is 11.3 Å². The first-order valence-corrected chi connectivity index (χ1v) is 6.79. The van der Waals surface area contributed by atoms with Crippen molar-refractivity contribution in [3.8, 4) is 11.3 Å². The van der Waals surface area contributed by atoms with Gasteiger partial charge in [-0.2, -0.15) is 0 Å². The minimum Gasteiger partial charge on any atom is -0.305 e. The van der Waals surface area contributed by atoms with E-state index in [1.54, 1.807) is 18.5 Å². The number of hydrogen-bond acceptors (Lipinski definition) is 5. The minimum atomic E-state index is -0.473. The molecule has 0 aromatic carbocycles. The fourth-order valence-corrected chi connectivity index (χ4v) is 1.99. The van der Waals surface area contributed by atoms with Crippen LogP contribution in [0, 0.1) is 12.7 Å². The van der Waals surface area contributed by atoms with Crippen LogP contribution in [0.15, 0.2) is 49.2 Å². The van der Waals surface area contributed by atoms with Crippen LogP contribution in [0.3, 0.4) is 0 Å². The van der Waals surface area contributed by atoms with Crippen LogP contribution in [-0.2, 0) is 0 Å². The summed E-state index contributed by atoms with van der Waals surface area (Å²) in [5.74, 6) is -0.678. The van der Waals surface area contributed by atoms with Gasteiger partial charge < -0.3 is 5.32 Å². The van der Waals surface area contributed by atoms with Gasteiger partial charge in [0.1, 0.15) is 23.7 Å². The summed E-state index contributed by atoms with van der Waals surface area (Å²) in [5, 5.41) is 2.56. The number of carbonyl (C=O) groups excluding carboxylic acids is 1. The third kappa shape index (κ3) is 3.34. The molecular weight excluding hydrogens is 297 g/mol. The van der Waals surface area contributed by atoms with Crippen molar-refractivity contribution in [1.82, 2.24) is 19.9 Å². The topological polar surface area (TPSA) is 80.7 Å². The highest BCUT2D eigenvalue weighted by molar-refractivity contribution is 6.02. The average Bonchev–Trinajstić information content (AvgIpc) is 2.57. The number of nitrogens with zero attached hydrogens (tertiary/aromatic N) is 4. The van der Waals surface area contributed by atoms with Crippen molar-refractivity contribution in [2.75, 3.05) is 5.32 Å². The van der Waals surface area contributed by atoms with Gasteiger partial charge in [-0.05, 0) is 36.8 Å². The van der Waals surface area contributed by atoms with E-state index in [4.69, 9.17) is 0 Å². The van der Waals surface area contributed by atoms with Crippen LogP contribution >= 0.6 is 0 Å². The fourth-order valence-electron chi connectivity index (χ4n) is 1.99. The second-order valence-electron chi connectivity index (χ2n) is 4.79. The van der Waals surface area contributed by atoms with Crippen molar-refractivity contribution in [2.24, 2.45) is 0 Å². The lowest BCUT2D eigenvalue weighted by molar-refractivity contribution is 0.102. The molecule has 114 valence electrons. The molecule has 3 aromatic rings. The van der Waals surface area contributed by atoms with E-state index in [1.165, 1.54) is 18.5 Å². The molecule has 0 aliphatic heterocycles. The summed E-state index contributed by atoms with van der Waals surface area (Å²) in [6, 6.07) is 6.02. The van der Waals surface area contributed by atoms with Gasteiger partial charge in [-0.25, -0.2) is 19.3 Å². The zero-order valence-electron chi connectivity index (χ0n) is 12.2. The molecule has 1 amide bonds. The lowest BCUT2D eigenvalue weighted by Gasteiger charge is -2.06. The summed E-state index contributed by atoms with van der Waals surface area (Å²) in [7, 11) is 0. The number of aryl methyl sites for hydroxylation is 1. The van der Waals surface area contributed by atoms with Crippen molar-refractivity contribution in [3.63, 3.8) is 0 Å². The molecule has 0 atom stereocenters. The van der Waals surface area contributed by atoms with Crippen molar-refractivity contribution in [1.29, 1.82) is 0 Å². The monoisotopic (exact) mass is 309 g/mol. The third-order valence-corrected chi connectivity index (χ3v) is 3.18. The van der Waals surface area contributed by atoms with Gasteiger partial charge in [-0.3, -0.25) is 9.78 Å². The highest BCUT2D eigenvalue weighted by Crippen LogP contribution is 2.20. The Morgan fingerprint density at radius 3 is 2.74 bits per heavy atom. The maximum absolute atomic E-state index is 12.8. The predicted molar refractivity (Wildman–Crippen MR) is 82.1 cm³/mol. The fraction of sp³-hybridized carbons (Fsp3) is 0.0625. The van der Waals surface area contributed by atoms with Gasteiger partial charge in [-0.1, -0.05) is 0 Å². The van der Waals surface area contributed by atoms with E-state index in [1.807, 2.05) is 13.0 Å². The lowest BCUT2D eigenvalue weighted by Crippen LogP contribution is -2.15. The van der Waals surface area contributed by atoms with E-state index in [9.17, 15) is 9.18 Å². The molecule has 1 N–H and O–H groups in total. The molecule has 0 unspecified atom stereocenters. The van der Waals surface area contributed by atoms with E-state index in [-0.39, 0.29) is 11.5 Å². The van der Waals surface area contributed by atoms with Crippen LogP contribution in [0.2, 0.25) is 0 Å². The Morgan fingerprint density at radius 2 is 2.00 bits per heavy atom. The molecule has 0 fully saturated rings. The second-order valence-corrected chi connectivity index (χ2v) is 4.79. The van der Waals surface area contributed by atoms with Gasteiger partial charge in [0.2, 0.25) is 0 Å². The third-order valence-electron chi connectivity index (χ3n) is 3.18. The number of nitrogens with one attached hydrogen (secondary N) is 1. The molecule has 3 heterocycles. The SMILES string of the molecule is Cc1ccncc1-c1cc(C(=O)Nc2ccc(F)cn2)ncn1. The van der Waals surface area contributed by atoms with Crippen molar-refractivity contribution >= 4 is 11.7 Å². The number of pyridine rings is 2. The Kier molecular flexibility index (Phi) is 4.01. The predicted octanol–water partition coefficient (Wildman–Crippen LogP) is 2.63. The van der Waals surface area contributed by atoms with Crippen LogP contribution in [0.1, 0.15) is 16.1 Å². The number of anilines is 1. The molecule has 6 nitrogen and oxygen atoms in total. The molecule has 0 saturated carbocycles. The normalized spacial score (nSPS) is 10.3. The molecule has 0 spiro atoms. The number of hydrogen-bond donors (Lipinski definition) is 1. The molecule has 3 rings (SSSR count). The van der Waals surface area contributed by atoms with Gasteiger partial charge in [0.25, 0.3) is 5.91 Å². The van der Waals surface area contributed by atoms with Crippen molar-refractivity contribution in [2.45, 2.75) is 6.92 Å². The van der Waals surface area contributed by atoms with E-state index in [0.717, 1.165) is 17.3 Å². The highest BCUT2D eigenvalue weighted by Gasteiger charge is 2.12. The molecule has 3 aromatic heterocycles. The quantitative estimate of drug-likeness (QED) is 0.804. The van der Waals surface area contributed by atoms with Crippen LogP contribution in [-0.4, -0.2) is 25.8 Å². The molecule has 0 saturated heterocycles. The summed E-state index contributed by atoms with van der Waals surface area (Å²) < 4.78 is 12.8. The number of halogens is 1. The average molecular weight is 309 g/mol. The first-order chi connectivity index (χ1) is 11.1. The van der Waals surface area contributed by atoms with Crippen molar-refractivity contribution < 1.29 is 9.18 Å². The number of aromatic nitrogens is 4. The van der Waals surface area contributed by atoms with Crippen LogP contribution < -0.4 is 5.32 Å². The molecule has 0 bridgehead atoms. The molecule has 7 heteroatoms. The molecule has 23 heavy (non-hydrogen) atoms. The zero-order valence-corrected chi connectivity index (χ0v) is 12.2. The smallest absolute Gasteiger partial charge is 0.275 e. The van der Waals surface area contributed by atoms with Gasteiger partial charge >= 0.3 is 0 Å². The minimum absolute atomic E-state index is 0.185. The van der Waals surface area contributed by atoms with E-state index in [0.29, 0.717) is 5.69 Å². The van der Waals surface area contributed by atoms with E-state index < -0.39 is 11.7 Å². The van der Waals surface area contributed by atoms with Gasteiger partial charge in [-0.15, -0.1) is 0 Å². The van der Waals surface area contributed by atoms with E-state index >= 15 is 0 Å². The van der Waals surface area contributed by atoms with Gasteiger partial charge in [0.05, 0.1) is 11.9 Å². The van der Waals surface area contributed by atoms with Crippen LogP contribution in [0.4, 0.5) is 10.2 Å². The zero-order chi connectivity index (χ0) is 16.2. The molecule has 0 aliphatic carbocycles. The number of carbonyl (C=O) groups is 1. The largest absolute Gasteiger partial charge is 0.305 e. The Morgan fingerprint density at radius 1 is 1.13 bits per heavy atom. The standard InChI is InChI=1S/C16H12FN5O/c1-10-4-5-18-8-12(10)13-6-14(21-9-20-13)16(23)22-15-3-2-11(17)7-19-15/h2-9H,1H3,(H,19,22,23). The molecule has 0 radical (unpaired) electrons. The highest BCUT2D eigenvalue weighted by atomic mass is 19.1. The number of amides is 1. The van der Waals surface area contributed by atoms with Crippen molar-refractivity contribution in [3.05, 3.63) is 66.3 Å². The van der Waals surface area contributed by atoms with Crippen LogP contribution in [0.5, 0.6) is 0 Å². The Balaban J connectivity index is 1.86. The summed E-state index contributed by atoms with van der Waals surface area (Å²) in [6.07, 6.45) is 5.71. The second kappa shape index (κ2) is 6.27. The summed E-state index contributed by atoms with van der Waals surface area (Å²) in [5.41, 5.74) is 2.60. The summed E-state index contributed by atoms with van der Waals surface area (Å²) in [6.45, 7) is 1.93. The summed E-state index contributed by atoms with van der Waals surface area (Å²) in [4.78, 5) is 28.2. The van der Waals surface area contributed by atoms with Gasteiger partial charge in [0.15, 0.2) is 0 Å². The maximum Gasteiger partial charge on any atom is 0.275 e. The van der Waals surface area contributed by atoms with Gasteiger partial charge in [0, 0.05) is 18.0 Å². The first kappa shape index (κ1) is 14.7. The van der Waals surface area contributed by atoms with E-state index in [2.05, 4.69) is 25.3 Å². The Labute approximate surface area is 131 Å².